The van der Waals surface area contributed by atoms with Crippen LogP contribution in [-0.4, -0.2) is 31.4 Å². The molecule has 0 aromatic heterocycles. The Hall–Kier alpha value is -1.51. The summed E-state index contributed by atoms with van der Waals surface area (Å²) in [7, 11) is 3.76. The van der Waals surface area contributed by atoms with Crippen molar-refractivity contribution in [3.63, 3.8) is 0 Å². The van der Waals surface area contributed by atoms with E-state index in [9.17, 15) is 4.79 Å². The van der Waals surface area contributed by atoms with Crippen LogP contribution in [0.3, 0.4) is 0 Å². The Labute approximate surface area is 109 Å². The molecule has 3 nitrogen and oxygen atoms in total. The van der Waals surface area contributed by atoms with Gasteiger partial charge in [-0.2, -0.15) is 0 Å². The number of rotatable bonds is 5. The van der Waals surface area contributed by atoms with E-state index in [-0.39, 0.29) is 5.91 Å². The van der Waals surface area contributed by atoms with Crippen LogP contribution in [0, 0.1) is 5.92 Å². The summed E-state index contributed by atoms with van der Waals surface area (Å²) in [4.78, 5) is 14.1. The molecular formula is C15H22N2O. The molecule has 1 aromatic carbocycles. The summed E-state index contributed by atoms with van der Waals surface area (Å²) in [6, 6.07) is 7.66. The van der Waals surface area contributed by atoms with Crippen LogP contribution in [0.15, 0.2) is 24.3 Å². The molecule has 1 aliphatic rings. The van der Waals surface area contributed by atoms with Gasteiger partial charge in [-0.15, -0.1) is 0 Å². The summed E-state index contributed by atoms with van der Waals surface area (Å²) in [6.45, 7) is 0.868. The van der Waals surface area contributed by atoms with Gasteiger partial charge < -0.3 is 10.2 Å². The van der Waals surface area contributed by atoms with Gasteiger partial charge in [-0.05, 0) is 30.5 Å². The highest BCUT2D eigenvalue weighted by Gasteiger charge is 2.19. The summed E-state index contributed by atoms with van der Waals surface area (Å²) in [5, 5.41) is 3.06. The highest BCUT2D eigenvalue weighted by Crippen LogP contribution is 2.29. The molecule has 3 heteroatoms. The summed E-state index contributed by atoms with van der Waals surface area (Å²) in [6.07, 6.45) is 5.20. The van der Waals surface area contributed by atoms with Gasteiger partial charge in [0, 0.05) is 31.9 Å². The van der Waals surface area contributed by atoms with E-state index in [2.05, 4.69) is 5.32 Å². The number of amides is 1. The van der Waals surface area contributed by atoms with E-state index in [0.717, 1.165) is 30.1 Å². The van der Waals surface area contributed by atoms with E-state index in [1.807, 2.05) is 43.3 Å². The second-order valence-electron chi connectivity index (χ2n) is 5.14. The van der Waals surface area contributed by atoms with E-state index in [4.69, 9.17) is 0 Å². The number of anilines is 1. The van der Waals surface area contributed by atoms with Crippen molar-refractivity contribution in [1.29, 1.82) is 0 Å². The Morgan fingerprint density at radius 3 is 2.83 bits per heavy atom. The van der Waals surface area contributed by atoms with Crippen LogP contribution >= 0.6 is 0 Å². The standard InChI is InChI=1S/C15H22N2O/c1-16-14-8-4-7-13(11-14)15(18)17(2)10-9-12-5-3-6-12/h4,7-8,11-12,16H,3,5-6,9-10H2,1-2H3. The Morgan fingerprint density at radius 2 is 2.22 bits per heavy atom. The van der Waals surface area contributed by atoms with E-state index < -0.39 is 0 Å². The zero-order valence-corrected chi connectivity index (χ0v) is 11.3. The monoisotopic (exact) mass is 246 g/mol. The first kappa shape index (κ1) is 12.9. The lowest BCUT2D eigenvalue weighted by Crippen LogP contribution is -2.30. The normalized spacial score (nSPS) is 15.0. The summed E-state index contributed by atoms with van der Waals surface area (Å²) < 4.78 is 0. The van der Waals surface area contributed by atoms with E-state index in [1.165, 1.54) is 19.3 Å². The molecule has 1 aromatic rings. The van der Waals surface area contributed by atoms with Crippen LogP contribution in [-0.2, 0) is 0 Å². The van der Waals surface area contributed by atoms with Crippen LogP contribution in [0.1, 0.15) is 36.0 Å². The van der Waals surface area contributed by atoms with Gasteiger partial charge in [0.15, 0.2) is 0 Å². The third-order valence-corrected chi connectivity index (χ3v) is 3.84. The smallest absolute Gasteiger partial charge is 0.253 e. The van der Waals surface area contributed by atoms with E-state index in [0.29, 0.717) is 0 Å². The number of benzene rings is 1. The second kappa shape index (κ2) is 5.89. The van der Waals surface area contributed by atoms with Gasteiger partial charge in [0.1, 0.15) is 0 Å². The second-order valence-corrected chi connectivity index (χ2v) is 5.14. The first-order valence-electron chi connectivity index (χ1n) is 6.74. The fraction of sp³-hybridized carbons (Fsp3) is 0.533. The molecule has 1 fully saturated rings. The molecule has 1 saturated carbocycles. The molecule has 1 aliphatic carbocycles. The Kier molecular flexibility index (Phi) is 4.24. The number of hydrogen-bond acceptors (Lipinski definition) is 2. The number of carbonyl (C=O) groups excluding carboxylic acids is 1. The minimum atomic E-state index is 0.117. The quantitative estimate of drug-likeness (QED) is 0.866. The SMILES string of the molecule is CNc1cccc(C(=O)N(C)CCC2CCC2)c1. The minimum Gasteiger partial charge on any atom is -0.388 e. The zero-order chi connectivity index (χ0) is 13.0. The lowest BCUT2D eigenvalue weighted by molar-refractivity contribution is 0.0779. The summed E-state index contributed by atoms with van der Waals surface area (Å²) >= 11 is 0. The van der Waals surface area contributed by atoms with Crippen LogP contribution < -0.4 is 5.32 Å². The van der Waals surface area contributed by atoms with E-state index in [1.54, 1.807) is 0 Å². The van der Waals surface area contributed by atoms with Gasteiger partial charge >= 0.3 is 0 Å². The highest BCUT2D eigenvalue weighted by atomic mass is 16.2. The number of nitrogens with zero attached hydrogens (tertiary/aromatic N) is 1. The Bertz CT molecular complexity index is 413. The van der Waals surface area contributed by atoms with Crippen molar-refractivity contribution in [3.05, 3.63) is 29.8 Å². The van der Waals surface area contributed by atoms with Crippen molar-refractivity contribution in [2.24, 2.45) is 5.92 Å². The zero-order valence-electron chi connectivity index (χ0n) is 11.3. The fourth-order valence-corrected chi connectivity index (χ4v) is 2.29. The van der Waals surface area contributed by atoms with Crippen molar-refractivity contribution in [2.75, 3.05) is 26.0 Å². The number of carbonyl (C=O) groups is 1. The lowest BCUT2D eigenvalue weighted by atomic mass is 9.83. The molecule has 18 heavy (non-hydrogen) atoms. The van der Waals surface area contributed by atoms with Crippen molar-refractivity contribution in [3.8, 4) is 0 Å². The molecule has 0 spiro atoms. The third kappa shape index (κ3) is 3.03. The minimum absolute atomic E-state index is 0.117. The fourth-order valence-electron chi connectivity index (χ4n) is 2.29. The van der Waals surface area contributed by atoms with Crippen LogP contribution in [0.4, 0.5) is 5.69 Å². The highest BCUT2D eigenvalue weighted by molar-refractivity contribution is 5.94. The Balaban J connectivity index is 1.91. The summed E-state index contributed by atoms with van der Waals surface area (Å²) in [5.74, 6) is 0.968. The average molecular weight is 246 g/mol. The topological polar surface area (TPSA) is 32.3 Å². The molecule has 1 amide bonds. The van der Waals surface area contributed by atoms with Gasteiger partial charge in [-0.1, -0.05) is 25.3 Å². The van der Waals surface area contributed by atoms with E-state index >= 15 is 0 Å². The molecule has 2 rings (SSSR count). The molecule has 1 N–H and O–H groups in total. The molecule has 0 aliphatic heterocycles. The molecule has 0 radical (unpaired) electrons. The van der Waals surface area contributed by atoms with Crippen LogP contribution in [0.25, 0.3) is 0 Å². The van der Waals surface area contributed by atoms with Gasteiger partial charge in [0.2, 0.25) is 0 Å². The van der Waals surface area contributed by atoms with Gasteiger partial charge in [0.25, 0.3) is 5.91 Å². The van der Waals surface area contributed by atoms with Crippen molar-refractivity contribution >= 4 is 11.6 Å². The molecule has 0 saturated heterocycles. The van der Waals surface area contributed by atoms with Crippen molar-refractivity contribution in [2.45, 2.75) is 25.7 Å². The molecular weight excluding hydrogens is 224 g/mol. The third-order valence-electron chi connectivity index (χ3n) is 3.84. The maximum atomic E-state index is 12.2. The average Bonchev–Trinajstić information content (AvgIpc) is 2.36. The largest absolute Gasteiger partial charge is 0.388 e. The first-order chi connectivity index (χ1) is 8.70. The predicted molar refractivity (Wildman–Crippen MR) is 74.9 cm³/mol. The van der Waals surface area contributed by atoms with Crippen molar-refractivity contribution in [1.82, 2.24) is 4.90 Å². The molecule has 98 valence electrons. The van der Waals surface area contributed by atoms with Gasteiger partial charge in [-0.25, -0.2) is 0 Å². The van der Waals surface area contributed by atoms with Crippen LogP contribution in [0.5, 0.6) is 0 Å². The number of hydrogen-bond donors (Lipinski definition) is 1. The van der Waals surface area contributed by atoms with Crippen LogP contribution in [0.2, 0.25) is 0 Å². The Morgan fingerprint density at radius 1 is 1.44 bits per heavy atom. The molecule has 0 atom stereocenters. The maximum Gasteiger partial charge on any atom is 0.253 e. The molecule has 0 unspecified atom stereocenters. The van der Waals surface area contributed by atoms with Crippen molar-refractivity contribution < 1.29 is 4.79 Å². The summed E-state index contributed by atoms with van der Waals surface area (Å²) in [5.41, 5.74) is 1.74. The first-order valence-corrected chi connectivity index (χ1v) is 6.74. The molecule has 0 bridgehead atoms. The van der Waals surface area contributed by atoms with Gasteiger partial charge in [0.05, 0.1) is 0 Å². The predicted octanol–water partition coefficient (Wildman–Crippen LogP) is 2.99. The lowest BCUT2D eigenvalue weighted by Gasteiger charge is -2.27. The number of nitrogens with one attached hydrogen (secondary N) is 1. The maximum absolute atomic E-state index is 12.2. The molecule has 0 heterocycles. The van der Waals surface area contributed by atoms with Gasteiger partial charge in [-0.3, -0.25) is 4.79 Å².